The van der Waals surface area contributed by atoms with Gasteiger partial charge in [-0.1, -0.05) is 29.3 Å². The van der Waals surface area contributed by atoms with E-state index in [0.29, 0.717) is 10.6 Å². The number of hydrogen-bond donors (Lipinski definition) is 1. The fourth-order valence-electron chi connectivity index (χ4n) is 1.64. The third-order valence-corrected chi connectivity index (χ3v) is 3.18. The Labute approximate surface area is 124 Å². The van der Waals surface area contributed by atoms with Gasteiger partial charge in [-0.3, -0.25) is 10.1 Å². The maximum absolute atomic E-state index is 13.5. The summed E-state index contributed by atoms with van der Waals surface area (Å²) in [5.41, 5.74) is 0.713. The van der Waals surface area contributed by atoms with Gasteiger partial charge in [0.2, 0.25) is 0 Å². The minimum absolute atomic E-state index is 0.0661. The second-order valence-corrected chi connectivity index (χ2v) is 4.86. The maximum Gasteiger partial charge on any atom is 0.288 e. The molecule has 104 valence electrons. The number of benzene rings is 2. The zero-order chi connectivity index (χ0) is 14.7. The number of nitro benzene ring substituents is 1. The van der Waals surface area contributed by atoms with E-state index in [1.54, 1.807) is 12.1 Å². The van der Waals surface area contributed by atoms with E-state index in [2.05, 4.69) is 5.32 Å². The maximum atomic E-state index is 13.5. The van der Waals surface area contributed by atoms with Gasteiger partial charge in [-0.2, -0.15) is 0 Å². The number of nitro groups is 1. The Morgan fingerprint density at radius 1 is 1.20 bits per heavy atom. The van der Waals surface area contributed by atoms with Gasteiger partial charge in [0.1, 0.15) is 10.8 Å². The zero-order valence-electron chi connectivity index (χ0n) is 10.1. The van der Waals surface area contributed by atoms with E-state index in [-0.39, 0.29) is 22.9 Å². The van der Waals surface area contributed by atoms with E-state index in [4.69, 9.17) is 23.2 Å². The number of anilines is 1. The molecule has 0 fully saturated rings. The third-order valence-electron chi connectivity index (χ3n) is 2.62. The van der Waals surface area contributed by atoms with E-state index in [0.717, 1.165) is 0 Å². The second-order valence-electron chi connectivity index (χ2n) is 4.02. The summed E-state index contributed by atoms with van der Waals surface area (Å²) in [6.45, 7) is 0.233. The van der Waals surface area contributed by atoms with Gasteiger partial charge in [0.25, 0.3) is 5.69 Å². The van der Waals surface area contributed by atoms with Crippen molar-refractivity contribution in [3.8, 4) is 0 Å². The van der Waals surface area contributed by atoms with Crippen LogP contribution in [0.15, 0.2) is 36.4 Å². The van der Waals surface area contributed by atoms with Crippen molar-refractivity contribution in [2.75, 3.05) is 5.32 Å². The van der Waals surface area contributed by atoms with Gasteiger partial charge in [0.05, 0.1) is 10.6 Å². The Morgan fingerprint density at radius 2 is 1.95 bits per heavy atom. The van der Waals surface area contributed by atoms with E-state index in [1.165, 1.54) is 24.3 Å². The SMILES string of the molecule is O=[N+]([O-])c1cc(CNc2ccc(Cl)cc2F)ccc1Cl. The van der Waals surface area contributed by atoms with Crippen LogP contribution in [-0.2, 0) is 6.54 Å². The number of hydrogen-bond acceptors (Lipinski definition) is 3. The van der Waals surface area contributed by atoms with Crippen molar-refractivity contribution in [3.05, 3.63) is 67.9 Å². The molecule has 0 radical (unpaired) electrons. The minimum atomic E-state index is -0.561. The Kier molecular flexibility index (Phi) is 4.42. The Bertz CT molecular complexity index is 665. The lowest BCUT2D eigenvalue weighted by Crippen LogP contribution is -2.02. The summed E-state index contributed by atoms with van der Waals surface area (Å²) >= 11 is 11.4. The summed E-state index contributed by atoms with van der Waals surface area (Å²) in [6, 6.07) is 8.67. The van der Waals surface area contributed by atoms with Crippen molar-refractivity contribution in [1.82, 2.24) is 0 Å². The molecule has 1 N–H and O–H groups in total. The standard InChI is InChI=1S/C13H9Cl2FN2O2/c14-9-2-4-12(11(16)6-9)17-7-8-1-3-10(15)13(5-8)18(19)20/h1-6,17H,7H2. The van der Waals surface area contributed by atoms with Crippen LogP contribution in [0.2, 0.25) is 10.0 Å². The first-order valence-corrected chi connectivity index (χ1v) is 6.34. The molecule has 20 heavy (non-hydrogen) atoms. The van der Waals surface area contributed by atoms with E-state index in [9.17, 15) is 14.5 Å². The fourth-order valence-corrected chi connectivity index (χ4v) is 1.98. The molecule has 2 aromatic rings. The van der Waals surface area contributed by atoms with Crippen LogP contribution in [0.1, 0.15) is 5.56 Å². The molecule has 0 bridgehead atoms. The normalized spacial score (nSPS) is 10.3. The van der Waals surface area contributed by atoms with E-state index in [1.807, 2.05) is 0 Å². The highest BCUT2D eigenvalue weighted by atomic mass is 35.5. The molecule has 0 aliphatic heterocycles. The predicted molar refractivity (Wildman–Crippen MR) is 76.8 cm³/mol. The summed E-state index contributed by atoms with van der Waals surface area (Å²) < 4.78 is 13.5. The number of nitrogens with one attached hydrogen (secondary N) is 1. The molecule has 0 heterocycles. The first-order valence-electron chi connectivity index (χ1n) is 5.59. The van der Waals surface area contributed by atoms with Gasteiger partial charge in [-0.05, 0) is 29.8 Å². The molecular weight excluding hydrogens is 306 g/mol. The van der Waals surface area contributed by atoms with Crippen molar-refractivity contribution in [2.24, 2.45) is 0 Å². The molecule has 0 aromatic heterocycles. The van der Waals surface area contributed by atoms with Crippen LogP contribution < -0.4 is 5.32 Å². The molecule has 0 saturated heterocycles. The van der Waals surface area contributed by atoms with Crippen LogP contribution in [-0.4, -0.2) is 4.92 Å². The largest absolute Gasteiger partial charge is 0.379 e. The lowest BCUT2D eigenvalue weighted by molar-refractivity contribution is -0.384. The average molecular weight is 315 g/mol. The van der Waals surface area contributed by atoms with E-state index < -0.39 is 10.7 Å². The molecule has 0 saturated carbocycles. The van der Waals surface area contributed by atoms with Crippen molar-refractivity contribution in [2.45, 2.75) is 6.54 Å². The summed E-state index contributed by atoms with van der Waals surface area (Å²) in [6.07, 6.45) is 0. The van der Waals surface area contributed by atoms with Crippen LogP contribution in [0, 0.1) is 15.9 Å². The second kappa shape index (κ2) is 6.07. The highest BCUT2D eigenvalue weighted by Crippen LogP contribution is 2.26. The molecule has 0 unspecified atom stereocenters. The summed E-state index contributed by atoms with van der Waals surface area (Å²) in [5.74, 6) is -0.485. The van der Waals surface area contributed by atoms with Crippen molar-refractivity contribution in [1.29, 1.82) is 0 Å². The van der Waals surface area contributed by atoms with Crippen LogP contribution in [0.5, 0.6) is 0 Å². The van der Waals surface area contributed by atoms with Gasteiger partial charge in [0.15, 0.2) is 0 Å². The van der Waals surface area contributed by atoms with Gasteiger partial charge >= 0.3 is 0 Å². The highest BCUT2D eigenvalue weighted by molar-refractivity contribution is 6.32. The average Bonchev–Trinajstić information content (AvgIpc) is 2.39. The van der Waals surface area contributed by atoms with E-state index >= 15 is 0 Å². The molecule has 0 aliphatic rings. The molecule has 2 aromatic carbocycles. The molecule has 7 heteroatoms. The molecule has 0 amide bonds. The third kappa shape index (κ3) is 3.37. The highest BCUT2D eigenvalue weighted by Gasteiger charge is 2.12. The number of rotatable bonds is 4. The fraction of sp³-hybridized carbons (Fsp3) is 0.0769. The smallest absolute Gasteiger partial charge is 0.288 e. The zero-order valence-corrected chi connectivity index (χ0v) is 11.6. The van der Waals surface area contributed by atoms with Gasteiger partial charge < -0.3 is 5.32 Å². The van der Waals surface area contributed by atoms with Crippen LogP contribution in [0.4, 0.5) is 15.8 Å². The van der Waals surface area contributed by atoms with Gasteiger partial charge in [-0.15, -0.1) is 0 Å². The minimum Gasteiger partial charge on any atom is -0.379 e. The lowest BCUT2D eigenvalue weighted by Gasteiger charge is -2.08. The first-order chi connectivity index (χ1) is 9.47. The molecule has 0 spiro atoms. The molecule has 2 rings (SSSR count). The van der Waals surface area contributed by atoms with Gasteiger partial charge in [0, 0.05) is 17.6 Å². The Morgan fingerprint density at radius 3 is 2.60 bits per heavy atom. The van der Waals surface area contributed by atoms with Crippen molar-refractivity contribution >= 4 is 34.6 Å². The molecule has 0 atom stereocenters. The summed E-state index contributed by atoms with van der Waals surface area (Å²) in [5, 5.41) is 14.0. The summed E-state index contributed by atoms with van der Waals surface area (Å²) in [7, 11) is 0. The summed E-state index contributed by atoms with van der Waals surface area (Å²) in [4.78, 5) is 10.2. The number of halogens is 3. The Balaban J connectivity index is 2.15. The van der Waals surface area contributed by atoms with Gasteiger partial charge in [-0.25, -0.2) is 4.39 Å². The van der Waals surface area contributed by atoms with Crippen LogP contribution >= 0.6 is 23.2 Å². The lowest BCUT2D eigenvalue weighted by atomic mass is 10.2. The monoisotopic (exact) mass is 314 g/mol. The van der Waals surface area contributed by atoms with Crippen molar-refractivity contribution < 1.29 is 9.31 Å². The van der Waals surface area contributed by atoms with Crippen LogP contribution in [0.25, 0.3) is 0 Å². The number of nitrogens with zero attached hydrogens (tertiary/aromatic N) is 1. The molecule has 4 nitrogen and oxygen atoms in total. The first kappa shape index (κ1) is 14.6. The van der Waals surface area contributed by atoms with Crippen molar-refractivity contribution in [3.63, 3.8) is 0 Å². The predicted octanol–water partition coefficient (Wildman–Crippen LogP) is 4.65. The molecular formula is C13H9Cl2FN2O2. The van der Waals surface area contributed by atoms with Crippen LogP contribution in [0.3, 0.4) is 0 Å². The quantitative estimate of drug-likeness (QED) is 0.660. The Hall–Kier alpha value is -1.85. The topological polar surface area (TPSA) is 55.2 Å². The molecule has 0 aliphatic carbocycles.